The number of ketones is 1. The molecule has 0 saturated heterocycles. The lowest BCUT2D eigenvalue weighted by Gasteiger charge is -2.23. The molecule has 0 radical (unpaired) electrons. The first kappa shape index (κ1) is 18.2. The number of carbonyl (C=O) groups excluding carboxylic acids is 2. The summed E-state index contributed by atoms with van der Waals surface area (Å²) in [5.74, 6) is -0.869. The molecule has 0 saturated carbocycles. The molecule has 1 aliphatic rings. The van der Waals surface area contributed by atoms with Crippen LogP contribution in [0.1, 0.15) is 34.0 Å². The third kappa shape index (κ3) is 2.97. The Morgan fingerprint density at radius 3 is 2.57 bits per heavy atom. The second-order valence-electron chi connectivity index (χ2n) is 7.47. The van der Waals surface area contributed by atoms with Gasteiger partial charge in [-0.3, -0.25) is 9.59 Å². The molecule has 1 unspecified atom stereocenters. The molecule has 1 aliphatic heterocycles. The summed E-state index contributed by atoms with van der Waals surface area (Å²) in [6.45, 7) is 1.82. The molecule has 148 valence electrons. The number of halogens is 1. The number of fused-ring (bicyclic) bond motifs is 2. The normalized spacial score (nSPS) is 15.7. The number of hydrogen-bond acceptors (Lipinski definition) is 3. The number of rotatable bonds is 3. The number of aryl methyl sites for hydroxylation is 1. The minimum absolute atomic E-state index is 0.0641. The van der Waals surface area contributed by atoms with E-state index in [4.69, 9.17) is 0 Å². The van der Waals surface area contributed by atoms with Gasteiger partial charge in [0.05, 0.1) is 17.3 Å². The Morgan fingerprint density at radius 2 is 1.80 bits per heavy atom. The van der Waals surface area contributed by atoms with E-state index in [1.165, 1.54) is 12.1 Å². The van der Waals surface area contributed by atoms with E-state index < -0.39 is 5.92 Å². The van der Waals surface area contributed by atoms with Gasteiger partial charge in [0, 0.05) is 17.5 Å². The van der Waals surface area contributed by atoms with Crippen molar-refractivity contribution in [1.29, 1.82) is 0 Å². The summed E-state index contributed by atoms with van der Waals surface area (Å²) >= 11 is 0. The lowest BCUT2D eigenvalue weighted by molar-refractivity contribution is -0.116. The van der Waals surface area contributed by atoms with E-state index in [0.717, 1.165) is 10.8 Å². The molecule has 5 rings (SSSR count). The summed E-state index contributed by atoms with van der Waals surface area (Å²) in [4.78, 5) is 25.9. The van der Waals surface area contributed by atoms with E-state index in [0.29, 0.717) is 28.3 Å². The van der Waals surface area contributed by atoms with Gasteiger partial charge in [0.25, 0.3) is 0 Å². The summed E-state index contributed by atoms with van der Waals surface area (Å²) < 4.78 is 14.9. The fourth-order valence-electron chi connectivity index (χ4n) is 4.08. The van der Waals surface area contributed by atoms with Gasteiger partial charge in [0.2, 0.25) is 5.91 Å². The quantitative estimate of drug-likeness (QED) is 0.504. The van der Waals surface area contributed by atoms with Crippen LogP contribution in [0.25, 0.3) is 16.5 Å². The molecular formula is C24H18FN3O2. The molecule has 5 nitrogen and oxygen atoms in total. The zero-order valence-electron chi connectivity index (χ0n) is 16.2. The van der Waals surface area contributed by atoms with Gasteiger partial charge in [0.1, 0.15) is 11.6 Å². The molecule has 1 aromatic heterocycles. The number of carbonyl (C=O) groups is 2. The smallest absolute Gasteiger partial charge is 0.226 e. The third-order valence-electron chi connectivity index (χ3n) is 5.52. The zero-order valence-corrected chi connectivity index (χ0v) is 16.2. The number of Topliss-reactive ketones (excluding diaryl/α,β-unsaturated/α-hetero) is 1. The number of anilines is 1. The highest BCUT2D eigenvalue weighted by Gasteiger charge is 2.36. The Bertz CT molecular complexity index is 1310. The predicted molar refractivity (Wildman–Crippen MR) is 113 cm³/mol. The number of nitrogens with zero attached hydrogens (tertiary/aromatic N) is 2. The second-order valence-corrected chi connectivity index (χ2v) is 7.47. The first-order chi connectivity index (χ1) is 14.5. The molecule has 30 heavy (non-hydrogen) atoms. The average Bonchev–Trinajstić information content (AvgIpc) is 3.09. The molecule has 2 heterocycles. The summed E-state index contributed by atoms with van der Waals surface area (Å²) in [6, 6.07) is 19.3. The van der Waals surface area contributed by atoms with Crippen molar-refractivity contribution in [2.45, 2.75) is 19.3 Å². The van der Waals surface area contributed by atoms with Crippen LogP contribution in [-0.4, -0.2) is 21.5 Å². The van der Waals surface area contributed by atoms with Gasteiger partial charge >= 0.3 is 0 Å². The van der Waals surface area contributed by atoms with Crippen molar-refractivity contribution in [2.24, 2.45) is 0 Å². The SMILES string of the molecule is Cc1nn(-c2ccc(F)cc2)c2c1C(C(=O)c1ccc3ccccc3c1)CC(=O)N2. The first-order valence-electron chi connectivity index (χ1n) is 9.69. The minimum Gasteiger partial charge on any atom is -0.310 e. The number of nitrogens with one attached hydrogen (secondary N) is 1. The minimum atomic E-state index is -0.621. The monoisotopic (exact) mass is 399 g/mol. The molecule has 1 N–H and O–H groups in total. The number of aromatic nitrogens is 2. The van der Waals surface area contributed by atoms with Gasteiger partial charge in [-0.2, -0.15) is 5.10 Å². The van der Waals surface area contributed by atoms with Crippen LogP contribution in [-0.2, 0) is 4.79 Å². The van der Waals surface area contributed by atoms with Crippen LogP contribution in [0.15, 0.2) is 66.7 Å². The Morgan fingerprint density at radius 1 is 1.07 bits per heavy atom. The molecule has 1 amide bonds. The fraction of sp³-hybridized carbons (Fsp3) is 0.125. The lowest BCUT2D eigenvalue weighted by atomic mass is 9.85. The Kier molecular flexibility index (Phi) is 4.20. The van der Waals surface area contributed by atoms with E-state index in [1.807, 2.05) is 43.3 Å². The van der Waals surface area contributed by atoms with Crippen molar-refractivity contribution in [3.8, 4) is 5.69 Å². The molecule has 4 aromatic rings. The highest BCUT2D eigenvalue weighted by Crippen LogP contribution is 2.38. The summed E-state index contributed by atoms with van der Waals surface area (Å²) in [5, 5.41) is 9.40. The van der Waals surface area contributed by atoms with Crippen molar-refractivity contribution < 1.29 is 14.0 Å². The van der Waals surface area contributed by atoms with Crippen LogP contribution in [0.2, 0.25) is 0 Å². The van der Waals surface area contributed by atoms with Crippen LogP contribution < -0.4 is 5.32 Å². The lowest BCUT2D eigenvalue weighted by Crippen LogP contribution is -2.28. The molecule has 0 bridgehead atoms. The predicted octanol–water partition coefficient (Wildman–Crippen LogP) is 4.78. The van der Waals surface area contributed by atoms with Gasteiger partial charge < -0.3 is 5.32 Å². The number of amides is 1. The second kappa shape index (κ2) is 6.91. The standard InChI is InChI=1S/C24H18FN3O2/c1-14-22-20(23(30)17-7-6-15-4-2-3-5-16(15)12-17)13-21(29)26-24(22)28(27-14)19-10-8-18(25)9-11-19/h2-12,20H,13H2,1H3,(H,26,29). The third-order valence-corrected chi connectivity index (χ3v) is 5.52. The Hall–Kier alpha value is -3.80. The van der Waals surface area contributed by atoms with Crippen LogP contribution in [0.5, 0.6) is 0 Å². The van der Waals surface area contributed by atoms with E-state index in [9.17, 15) is 14.0 Å². The summed E-state index contributed by atoms with van der Waals surface area (Å²) in [7, 11) is 0. The highest BCUT2D eigenvalue weighted by molar-refractivity contribution is 6.09. The summed E-state index contributed by atoms with van der Waals surface area (Å²) in [5.41, 5.74) is 2.54. The van der Waals surface area contributed by atoms with Gasteiger partial charge in [-0.25, -0.2) is 9.07 Å². The van der Waals surface area contributed by atoms with Gasteiger partial charge in [-0.05, 0) is 48.0 Å². The van der Waals surface area contributed by atoms with Crippen LogP contribution in [0.4, 0.5) is 10.2 Å². The first-order valence-corrected chi connectivity index (χ1v) is 9.69. The average molecular weight is 399 g/mol. The maximum atomic E-state index is 13.4. The van der Waals surface area contributed by atoms with Gasteiger partial charge in [-0.15, -0.1) is 0 Å². The molecule has 0 fully saturated rings. The topological polar surface area (TPSA) is 64.0 Å². The zero-order chi connectivity index (χ0) is 20.8. The molecule has 1 atom stereocenters. The van der Waals surface area contributed by atoms with E-state index >= 15 is 0 Å². The van der Waals surface area contributed by atoms with Crippen LogP contribution in [0.3, 0.4) is 0 Å². The number of hydrogen-bond donors (Lipinski definition) is 1. The maximum Gasteiger partial charge on any atom is 0.226 e. The van der Waals surface area contributed by atoms with E-state index in [-0.39, 0.29) is 23.9 Å². The Balaban J connectivity index is 1.60. The fourth-order valence-corrected chi connectivity index (χ4v) is 4.08. The van der Waals surface area contributed by atoms with E-state index in [2.05, 4.69) is 10.4 Å². The molecule has 6 heteroatoms. The van der Waals surface area contributed by atoms with E-state index in [1.54, 1.807) is 22.9 Å². The highest BCUT2D eigenvalue weighted by atomic mass is 19.1. The molecule has 3 aromatic carbocycles. The van der Waals surface area contributed by atoms with Gasteiger partial charge in [0.15, 0.2) is 5.78 Å². The van der Waals surface area contributed by atoms with Gasteiger partial charge in [-0.1, -0.05) is 36.4 Å². The summed E-state index contributed by atoms with van der Waals surface area (Å²) in [6.07, 6.45) is 0.0641. The molecular weight excluding hydrogens is 381 g/mol. The van der Waals surface area contributed by atoms with Crippen LogP contribution in [0, 0.1) is 12.7 Å². The largest absolute Gasteiger partial charge is 0.310 e. The number of benzene rings is 3. The van der Waals surface area contributed by atoms with Crippen molar-refractivity contribution in [3.63, 3.8) is 0 Å². The maximum absolute atomic E-state index is 13.4. The molecule has 0 aliphatic carbocycles. The van der Waals surface area contributed by atoms with Crippen molar-refractivity contribution in [1.82, 2.24) is 9.78 Å². The Labute approximate surface area is 172 Å². The van der Waals surface area contributed by atoms with Crippen LogP contribution >= 0.6 is 0 Å². The van der Waals surface area contributed by atoms with Crippen molar-refractivity contribution >= 4 is 28.3 Å². The van der Waals surface area contributed by atoms with Crippen molar-refractivity contribution in [2.75, 3.05) is 5.32 Å². The van der Waals surface area contributed by atoms with Crippen molar-refractivity contribution in [3.05, 3.63) is 89.4 Å². The molecule has 0 spiro atoms.